The first kappa shape index (κ1) is 19.8. The number of hydrogen-bond donors (Lipinski definition) is 2. The number of phenols is 1. The summed E-state index contributed by atoms with van der Waals surface area (Å²) in [6.45, 7) is 10.4. The molecule has 0 saturated carbocycles. The van der Waals surface area contributed by atoms with E-state index in [4.69, 9.17) is 4.74 Å². The Kier molecular flexibility index (Phi) is 5.96. The highest BCUT2D eigenvalue weighted by atomic mass is 16.5. The molecule has 4 heteroatoms. The van der Waals surface area contributed by atoms with Crippen molar-refractivity contribution in [1.82, 2.24) is 0 Å². The number of hydrogen-bond acceptors (Lipinski definition) is 3. The van der Waals surface area contributed by atoms with Crippen molar-refractivity contribution in [3.05, 3.63) is 59.2 Å². The van der Waals surface area contributed by atoms with Crippen molar-refractivity contribution in [2.45, 2.75) is 52.6 Å². The highest BCUT2D eigenvalue weighted by molar-refractivity contribution is 5.91. The van der Waals surface area contributed by atoms with E-state index in [0.717, 1.165) is 23.3 Å². The molecule has 0 amide bonds. The van der Waals surface area contributed by atoms with Crippen LogP contribution in [0.4, 0.5) is 0 Å². The van der Waals surface area contributed by atoms with Gasteiger partial charge in [-0.1, -0.05) is 39.0 Å². The van der Waals surface area contributed by atoms with E-state index in [1.807, 2.05) is 44.2 Å². The van der Waals surface area contributed by atoms with Crippen LogP contribution in [0.5, 0.6) is 11.5 Å². The molecule has 0 spiro atoms. The molecular formula is C22H28O4. The van der Waals surface area contributed by atoms with Crippen molar-refractivity contribution in [2.24, 2.45) is 5.92 Å². The number of aromatic hydroxyl groups is 1. The molecule has 0 saturated heterocycles. The minimum absolute atomic E-state index is 0.0720. The van der Waals surface area contributed by atoms with Crippen molar-refractivity contribution >= 4 is 5.97 Å². The third-order valence-electron chi connectivity index (χ3n) is 4.54. The minimum Gasteiger partial charge on any atom is -0.507 e. The Morgan fingerprint density at radius 1 is 1.04 bits per heavy atom. The molecule has 0 fully saturated rings. The highest BCUT2D eigenvalue weighted by Crippen LogP contribution is 2.40. The number of carboxylic acid groups (broad SMARTS) is 1. The molecule has 0 heterocycles. The number of benzene rings is 2. The van der Waals surface area contributed by atoms with Gasteiger partial charge in [-0.15, -0.1) is 0 Å². The van der Waals surface area contributed by atoms with Crippen molar-refractivity contribution in [2.75, 3.05) is 0 Å². The molecule has 140 valence electrons. The molecule has 4 nitrogen and oxygen atoms in total. The summed E-state index contributed by atoms with van der Waals surface area (Å²) in [6.07, 6.45) is 0.958. The normalized spacial score (nSPS) is 13.7. The molecule has 0 bridgehead atoms. The number of aromatic carboxylic acids is 1. The van der Waals surface area contributed by atoms with Gasteiger partial charge in [0.15, 0.2) is 0 Å². The Balaban J connectivity index is 2.51. The number of carbonyl (C=O) groups is 1. The molecule has 1 atom stereocenters. The third-order valence-corrected chi connectivity index (χ3v) is 4.54. The second-order valence-corrected chi connectivity index (χ2v) is 7.66. The van der Waals surface area contributed by atoms with Gasteiger partial charge in [-0.25, -0.2) is 4.79 Å². The summed E-state index contributed by atoms with van der Waals surface area (Å²) in [5.74, 6) is -0.119. The van der Waals surface area contributed by atoms with Crippen LogP contribution >= 0.6 is 0 Å². The fourth-order valence-corrected chi connectivity index (χ4v) is 3.44. The molecule has 0 aromatic heterocycles. The molecule has 0 aliphatic carbocycles. The lowest BCUT2D eigenvalue weighted by molar-refractivity contribution is 0.0693. The first-order valence-electron chi connectivity index (χ1n) is 8.97. The Hall–Kier alpha value is -2.49. The Labute approximate surface area is 155 Å². The van der Waals surface area contributed by atoms with Gasteiger partial charge in [0, 0.05) is 5.41 Å². The van der Waals surface area contributed by atoms with Gasteiger partial charge in [-0.3, -0.25) is 0 Å². The number of rotatable bonds is 7. The molecule has 2 rings (SSSR count). The lowest BCUT2D eigenvalue weighted by Crippen LogP contribution is -2.26. The van der Waals surface area contributed by atoms with Crippen LogP contribution < -0.4 is 4.74 Å². The van der Waals surface area contributed by atoms with Crippen molar-refractivity contribution in [3.8, 4) is 11.5 Å². The lowest BCUT2D eigenvalue weighted by atomic mass is 9.71. The van der Waals surface area contributed by atoms with E-state index in [9.17, 15) is 15.0 Å². The van der Waals surface area contributed by atoms with Gasteiger partial charge >= 0.3 is 5.97 Å². The molecule has 2 aromatic rings. The third kappa shape index (κ3) is 4.37. The zero-order chi connectivity index (χ0) is 19.5. The monoisotopic (exact) mass is 356 g/mol. The van der Waals surface area contributed by atoms with E-state index in [-0.39, 0.29) is 22.8 Å². The molecule has 0 aliphatic heterocycles. The van der Waals surface area contributed by atoms with Crippen LogP contribution in [0.2, 0.25) is 0 Å². The van der Waals surface area contributed by atoms with E-state index >= 15 is 0 Å². The molecule has 0 aliphatic rings. The minimum atomic E-state index is -1.13. The van der Waals surface area contributed by atoms with Gasteiger partial charge in [0.25, 0.3) is 0 Å². The van der Waals surface area contributed by atoms with Gasteiger partial charge in [0.05, 0.1) is 6.10 Å². The Bertz CT molecular complexity index is 762. The Morgan fingerprint density at radius 2 is 1.62 bits per heavy atom. The lowest BCUT2D eigenvalue weighted by Gasteiger charge is -2.33. The van der Waals surface area contributed by atoms with Crippen LogP contribution in [0.1, 0.15) is 62.5 Å². The van der Waals surface area contributed by atoms with Crippen molar-refractivity contribution in [1.29, 1.82) is 0 Å². The Morgan fingerprint density at radius 3 is 2.12 bits per heavy atom. The predicted molar refractivity (Wildman–Crippen MR) is 103 cm³/mol. The molecule has 26 heavy (non-hydrogen) atoms. The summed E-state index contributed by atoms with van der Waals surface area (Å²) >= 11 is 0. The van der Waals surface area contributed by atoms with Crippen molar-refractivity contribution in [3.63, 3.8) is 0 Å². The highest BCUT2D eigenvalue weighted by Gasteiger charge is 2.31. The summed E-state index contributed by atoms with van der Waals surface area (Å²) in [5.41, 5.74) is 1.52. The van der Waals surface area contributed by atoms with Gasteiger partial charge in [0.2, 0.25) is 0 Å². The van der Waals surface area contributed by atoms with E-state index in [1.165, 1.54) is 6.07 Å². The fraction of sp³-hybridized carbons (Fsp3) is 0.409. The van der Waals surface area contributed by atoms with E-state index in [2.05, 4.69) is 20.8 Å². The summed E-state index contributed by atoms with van der Waals surface area (Å²) in [7, 11) is 0. The molecule has 2 N–H and O–H groups in total. The summed E-state index contributed by atoms with van der Waals surface area (Å²) in [5, 5.41) is 19.2. The second kappa shape index (κ2) is 7.81. The number of carboxylic acids is 1. The predicted octanol–water partition coefficient (Wildman–Crippen LogP) is 5.23. The maximum absolute atomic E-state index is 11.4. The van der Waals surface area contributed by atoms with Crippen LogP contribution in [0.15, 0.2) is 42.5 Å². The molecule has 0 radical (unpaired) electrons. The molecular weight excluding hydrogens is 328 g/mol. The topological polar surface area (TPSA) is 66.8 Å². The van der Waals surface area contributed by atoms with Crippen LogP contribution in [0.3, 0.4) is 0 Å². The number of ether oxygens (including phenoxy) is 1. The summed E-state index contributed by atoms with van der Waals surface area (Å²) in [6, 6.07) is 12.8. The maximum Gasteiger partial charge on any atom is 0.339 e. The zero-order valence-electron chi connectivity index (χ0n) is 16.1. The van der Waals surface area contributed by atoms with Crippen LogP contribution in [-0.2, 0) is 5.41 Å². The quantitative estimate of drug-likeness (QED) is 0.713. The second-order valence-electron chi connectivity index (χ2n) is 7.66. The molecule has 2 aromatic carbocycles. The SMILES string of the molecule is CC(C)CC(C)(c1ccc(OC(C)C)cc1)c1ccc(O)c(C(=O)O)c1. The van der Waals surface area contributed by atoms with E-state index in [0.29, 0.717) is 5.92 Å². The average molecular weight is 356 g/mol. The first-order chi connectivity index (χ1) is 12.1. The summed E-state index contributed by atoms with van der Waals surface area (Å²) < 4.78 is 5.72. The fourth-order valence-electron chi connectivity index (χ4n) is 3.44. The van der Waals surface area contributed by atoms with Gasteiger partial charge < -0.3 is 14.9 Å². The van der Waals surface area contributed by atoms with Gasteiger partial charge in [-0.05, 0) is 61.6 Å². The zero-order valence-corrected chi connectivity index (χ0v) is 16.1. The summed E-state index contributed by atoms with van der Waals surface area (Å²) in [4.78, 5) is 11.4. The van der Waals surface area contributed by atoms with Gasteiger partial charge in [0.1, 0.15) is 17.1 Å². The van der Waals surface area contributed by atoms with Crippen LogP contribution in [-0.4, -0.2) is 22.3 Å². The largest absolute Gasteiger partial charge is 0.507 e. The van der Waals surface area contributed by atoms with Crippen LogP contribution in [0.25, 0.3) is 0 Å². The maximum atomic E-state index is 11.4. The van der Waals surface area contributed by atoms with Crippen LogP contribution in [0, 0.1) is 5.92 Å². The van der Waals surface area contributed by atoms with Crippen molar-refractivity contribution < 1.29 is 19.7 Å². The van der Waals surface area contributed by atoms with E-state index < -0.39 is 5.97 Å². The average Bonchev–Trinajstić information content (AvgIpc) is 2.54. The smallest absolute Gasteiger partial charge is 0.339 e. The standard InChI is InChI=1S/C22H28O4/c1-14(2)13-22(5,16-6-9-18(10-7-16)26-15(3)4)17-8-11-20(23)19(12-17)21(24)25/h6-12,14-15,23H,13H2,1-5H3,(H,24,25). The first-order valence-corrected chi connectivity index (χ1v) is 8.97. The van der Waals surface area contributed by atoms with Gasteiger partial charge in [-0.2, -0.15) is 0 Å². The van der Waals surface area contributed by atoms with E-state index in [1.54, 1.807) is 6.07 Å². The molecule has 1 unspecified atom stereocenters.